The van der Waals surface area contributed by atoms with Crippen molar-refractivity contribution < 1.29 is 9.15 Å². The maximum atomic E-state index is 5.68. The summed E-state index contributed by atoms with van der Waals surface area (Å²) in [7, 11) is 0. The van der Waals surface area contributed by atoms with E-state index in [4.69, 9.17) is 20.8 Å². The number of benzene rings is 1. The first kappa shape index (κ1) is 13.3. The van der Waals surface area contributed by atoms with Gasteiger partial charge in [0.1, 0.15) is 6.26 Å². The third-order valence-electron chi connectivity index (χ3n) is 3.18. The molecule has 0 atom stereocenters. The van der Waals surface area contributed by atoms with Gasteiger partial charge in [-0.25, -0.2) is 0 Å². The van der Waals surface area contributed by atoms with Crippen molar-refractivity contribution >= 4 is 29.0 Å². The minimum absolute atomic E-state index is 0.348. The Labute approximate surface area is 122 Å². The van der Waals surface area contributed by atoms with Crippen LogP contribution in [0, 0.1) is 0 Å². The number of alkyl halides is 1. The molecule has 2 heterocycles. The molecule has 1 aromatic carbocycles. The Bertz CT molecular complexity index is 550. The van der Waals surface area contributed by atoms with Gasteiger partial charge in [0.05, 0.1) is 24.8 Å². The number of morpholine rings is 1. The Hall–Kier alpha value is -1.72. The zero-order valence-corrected chi connectivity index (χ0v) is 11.8. The highest BCUT2D eigenvalue weighted by Gasteiger charge is 2.11. The number of oxazole rings is 1. The lowest BCUT2D eigenvalue weighted by Crippen LogP contribution is -2.36. The summed E-state index contributed by atoms with van der Waals surface area (Å²) in [5.74, 6) is 0.348. The molecule has 1 aliphatic rings. The molecule has 1 aliphatic heterocycles. The van der Waals surface area contributed by atoms with Gasteiger partial charge in [0.2, 0.25) is 0 Å². The van der Waals surface area contributed by atoms with Crippen LogP contribution in [0.4, 0.5) is 17.4 Å². The molecule has 1 aromatic heterocycles. The van der Waals surface area contributed by atoms with Crippen molar-refractivity contribution in [2.24, 2.45) is 0 Å². The quantitative estimate of drug-likeness (QED) is 0.878. The van der Waals surface area contributed by atoms with Crippen molar-refractivity contribution in [3.8, 4) is 0 Å². The zero-order valence-electron chi connectivity index (χ0n) is 11.0. The average Bonchev–Trinajstić information content (AvgIpc) is 2.97. The molecule has 0 radical (unpaired) electrons. The van der Waals surface area contributed by atoms with Crippen molar-refractivity contribution in [2.45, 2.75) is 5.88 Å². The number of ether oxygens (including phenoxy) is 1. The fourth-order valence-electron chi connectivity index (χ4n) is 2.13. The molecule has 0 bridgehead atoms. The predicted octanol–water partition coefficient (Wildman–Crippen LogP) is 2.99. The lowest BCUT2D eigenvalue weighted by atomic mass is 10.2. The van der Waals surface area contributed by atoms with Gasteiger partial charge in [0.25, 0.3) is 6.01 Å². The highest BCUT2D eigenvalue weighted by Crippen LogP contribution is 2.21. The molecule has 2 aromatic rings. The molecule has 0 saturated carbocycles. The van der Waals surface area contributed by atoms with Crippen LogP contribution in [0.15, 0.2) is 34.9 Å². The van der Waals surface area contributed by atoms with Crippen molar-refractivity contribution in [3.05, 3.63) is 36.2 Å². The second kappa shape index (κ2) is 6.15. The Morgan fingerprint density at radius 2 is 1.95 bits per heavy atom. The maximum absolute atomic E-state index is 5.68. The van der Waals surface area contributed by atoms with Crippen molar-refractivity contribution in [1.82, 2.24) is 4.98 Å². The minimum atomic E-state index is 0.348. The van der Waals surface area contributed by atoms with Gasteiger partial charge < -0.3 is 19.4 Å². The summed E-state index contributed by atoms with van der Waals surface area (Å²) in [5, 5.41) is 3.11. The van der Waals surface area contributed by atoms with Crippen LogP contribution in [0.1, 0.15) is 5.69 Å². The van der Waals surface area contributed by atoms with Gasteiger partial charge in [0, 0.05) is 24.5 Å². The molecular formula is C14H16ClN3O2. The van der Waals surface area contributed by atoms with Gasteiger partial charge >= 0.3 is 0 Å². The number of hydrogen-bond donors (Lipinski definition) is 1. The molecule has 0 aliphatic carbocycles. The largest absolute Gasteiger partial charge is 0.432 e. The van der Waals surface area contributed by atoms with Crippen molar-refractivity contribution in [3.63, 3.8) is 0 Å². The Balaban J connectivity index is 1.66. The van der Waals surface area contributed by atoms with E-state index < -0.39 is 0 Å². The predicted molar refractivity (Wildman–Crippen MR) is 78.8 cm³/mol. The third kappa shape index (κ3) is 3.05. The number of hydrogen-bond acceptors (Lipinski definition) is 5. The van der Waals surface area contributed by atoms with E-state index >= 15 is 0 Å². The molecule has 6 heteroatoms. The van der Waals surface area contributed by atoms with E-state index in [2.05, 4.69) is 27.3 Å². The molecule has 20 heavy (non-hydrogen) atoms. The molecule has 106 valence electrons. The normalized spacial score (nSPS) is 15.3. The zero-order chi connectivity index (χ0) is 13.8. The molecule has 1 saturated heterocycles. The van der Waals surface area contributed by atoms with Crippen LogP contribution in [0.3, 0.4) is 0 Å². The number of halogens is 1. The summed E-state index contributed by atoms with van der Waals surface area (Å²) < 4.78 is 10.6. The molecule has 5 nitrogen and oxygen atoms in total. The van der Waals surface area contributed by atoms with Gasteiger partial charge in [-0.2, -0.15) is 4.98 Å². The third-order valence-corrected chi connectivity index (χ3v) is 3.46. The van der Waals surface area contributed by atoms with E-state index in [0.717, 1.165) is 37.7 Å². The number of nitrogens with one attached hydrogen (secondary N) is 1. The van der Waals surface area contributed by atoms with Gasteiger partial charge in [-0.3, -0.25) is 0 Å². The standard InChI is InChI=1S/C14H16ClN3O2/c15-9-12-10-20-14(17-12)16-11-1-3-13(4-2-11)18-5-7-19-8-6-18/h1-4,10H,5-9H2,(H,16,17). The summed E-state index contributed by atoms with van der Waals surface area (Å²) in [6.07, 6.45) is 1.55. The molecule has 0 spiro atoms. The summed E-state index contributed by atoms with van der Waals surface area (Å²) in [6, 6.07) is 8.64. The van der Waals surface area contributed by atoms with Crippen LogP contribution in [0.25, 0.3) is 0 Å². The first-order valence-corrected chi connectivity index (χ1v) is 7.09. The molecule has 1 N–H and O–H groups in total. The maximum Gasteiger partial charge on any atom is 0.299 e. The fourth-order valence-corrected chi connectivity index (χ4v) is 2.25. The topological polar surface area (TPSA) is 50.5 Å². The van der Waals surface area contributed by atoms with Gasteiger partial charge in [-0.1, -0.05) is 0 Å². The Morgan fingerprint density at radius 1 is 1.20 bits per heavy atom. The van der Waals surface area contributed by atoms with E-state index in [0.29, 0.717) is 11.9 Å². The molecular weight excluding hydrogens is 278 g/mol. The van der Waals surface area contributed by atoms with E-state index in [1.807, 2.05) is 12.1 Å². The first-order valence-electron chi connectivity index (χ1n) is 6.55. The number of aromatic nitrogens is 1. The van der Waals surface area contributed by atoms with E-state index in [9.17, 15) is 0 Å². The molecule has 0 amide bonds. The van der Waals surface area contributed by atoms with Gasteiger partial charge in [-0.05, 0) is 24.3 Å². The second-order valence-electron chi connectivity index (χ2n) is 4.55. The summed E-state index contributed by atoms with van der Waals surface area (Å²) in [5.41, 5.74) is 2.86. The van der Waals surface area contributed by atoms with Crippen LogP contribution in [-0.4, -0.2) is 31.3 Å². The SMILES string of the molecule is ClCc1coc(Nc2ccc(N3CCOCC3)cc2)n1. The van der Waals surface area contributed by atoms with E-state index in [1.165, 1.54) is 5.69 Å². The Morgan fingerprint density at radius 3 is 2.60 bits per heavy atom. The molecule has 1 fully saturated rings. The van der Waals surface area contributed by atoms with Crippen molar-refractivity contribution in [2.75, 3.05) is 36.5 Å². The summed E-state index contributed by atoms with van der Waals surface area (Å²) >= 11 is 5.68. The van der Waals surface area contributed by atoms with Gasteiger partial charge in [-0.15, -0.1) is 11.6 Å². The highest BCUT2D eigenvalue weighted by molar-refractivity contribution is 6.16. The number of rotatable bonds is 4. The molecule has 3 rings (SSSR count). The lowest BCUT2D eigenvalue weighted by Gasteiger charge is -2.28. The second-order valence-corrected chi connectivity index (χ2v) is 4.82. The minimum Gasteiger partial charge on any atom is -0.432 e. The fraction of sp³-hybridized carbons (Fsp3) is 0.357. The number of anilines is 3. The summed E-state index contributed by atoms with van der Waals surface area (Å²) in [6.45, 7) is 3.45. The first-order chi connectivity index (χ1) is 9.85. The smallest absolute Gasteiger partial charge is 0.299 e. The van der Waals surface area contributed by atoms with Crippen LogP contribution >= 0.6 is 11.6 Å². The molecule has 0 unspecified atom stereocenters. The van der Waals surface area contributed by atoms with Crippen LogP contribution in [-0.2, 0) is 10.6 Å². The average molecular weight is 294 g/mol. The number of nitrogens with zero attached hydrogens (tertiary/aromatic N) is 2. The van der Waals surface area contributed by atoms with Crippen molar-refractivity contribution in [1.29, 1.82) is 0 Å². The highest BCUT2D eigenvalue weighted by atomic mass is 35.5. The van der Waals surface area contributed by atoms with E-state index in [-0.39, 0.29) is 0 Å². The lowest BCUT2D eigenvalue weighted by molar-refractivity contribution is 0.122. The monoisotopic (exact) mass is 293 g/mol. The van der Waals surface area contributed by atoms with Crippen LogP contribution in [0.2, 0.25) is 0 Å². The van der Waals surface area contributed by atoms with Crippen LogP contribution < -0.4 is 10.2 Å². The summed E-state index contributed by atoms with van der Waals surface area (Å²) in [4.78, 5) is 6.51. The van der Waals surface area contributed by atoms with E-state index in [1.54, 1.807) is 6.26 Å². The van der Waals surface area contributed by atoms with Crippen LogP contribution in [0.5, 0.6) is 0 Å². The Kier molecular flexibility index (Phi) is 4.08. The van der Waals surface area contributed by atoms with Gasteiger partial charge in [0.15, 0.2) is 0 Å².